The highest BCUT2D eigenvalue weighted by atomic mass is 15.4. The zero-order valence-corrected chi connectivity index (χ0v) is 10.1. The van der Waals surface area contributed by atoms with E-state index in [1.807, 2.05) is 41.4 Å². The lowest BCUT2D eigenvalue weighted by molar-refractivity contribution is 0.207. The summed E-state index contributed by atoms with van der Waals surface area (Å²) in [5.41, 5.74) is 2.48. The largest absolute Gasteiger partial charge is 0.268 e. The van der Waals surface area contributed by atoms with Gasteiger partial charge in [-0.25, -0.2) is 5.01 Å². The average molecular weight is 226 g/mol. The van der Waals surface area contributed by atoms with Crippen LogP contribution in [0.25, 0.3) is 0 Å². The SMILES string of the molecule is C[C@H](c1ccccc1)N(N)Cc1ccccc1. The molecule has 0 bridgehead atoms. The van der Waals surface area contributed by atoms with Gasteiger partial charge >= 0.3 is 0 Å². The minimum Gasteiger partial charge on any atom is -0.268 e. The molecule has 0 radical (unpaired) electrons. The van der Waals surface area contributed by atoms with Crippen LogP contribution in [0.2, 0.25) is 0 Å². The Morgan fingerprint density at radius 2 is 1.47 bits per heavy atom. The van der Waals surface area contributed by atoms with Crippen molar-refractivity contribution in [2.24, 2.45) is 5.84 Å². The molecule has 2 aromatic carbocycles. The summed E-state index contributed by atoms with van der Waals surface area (Å²) in [4.78, 5) is 0. The molecule has 17 heavy (non-hydrogen) atoms. The number of benzene rings is 2. The van der Waals surface area contributed by atoms with Crippen LogP contribution in [0, 0.1) is 0 Å². The Labute approximate surface area is 103 Å². The number of hydrogen-bond acceptors (Lipinski definition) is 2. The zero-order valence-electron chi connectivity index (χ0n) is 10.1. The highest BCUT2D eigenvalue weighted by Gasteiger charge is 2.11. The monoisotopic (exact) mass is 226 g/mol. The molecule has 2 rings (SSSR count). The van der Waals surface area contributed by atoms with Gasteiger partial charge in [-0.05, 0) is 18.1 Å². The fraction of sp³-hybridized carbons (Fsp3) is 0.200. The van der Waals surface area contributed by atoms with Crippen LogP contribution in [0.5, 0.6) is 0 Å². The lowest BCUT2D eigenvalue weighted by Crippen LogP contribution is -2.33. The molecule has 0 amide bonds. The van der Waals surface area contributed by atoms with Gasteiger partial charge in [0.05, 0.1) is 0 Å². The number of hydrogen-bond donors (Lipinski definition) is 1. The molecular formula is C15H18N2. The number of rotatable bonds is 4. The van der Waals surface area contributed by atoms with E-state index in [0.29, 0.717) is 0 Å². The molecule has 0 fully saturated rings. The van der Waals surface area contributed by atoms with E-state index in [4.69, 9.17) is 5.84 Å². The van der Waals surface area contributed by atoms with E-state index in [1.165, 1.54) is 11.1 Å². The Bertz CT molecular complexity index is 439. The van der Waals surface area contributed by atoms with Crippen LogP contribution >= 0.6 is 0 Å². The van der Waals surface area contributed by atoms with E-state index < -0.39 is 0 Å². The molecule has 1 atom stereocenters. The molecule has 0 heterocycles. The second kappa shape index (κ2) is 5.62. The first-order chi connectivity index (χ1) is 8.27. The minimum absolute atomic E-state index is 0.219. The van der Waals surface area contributed by atoms with Crippen LogP contribution in [0.1, 0.15) is 24.1 Å². The van der Waals surface area contributed by atoms with Gasteiger partial charge in [0, 0.05) is 12.6 Å². The van der Waals surface area contributed by atoms with Gasteiger partial charge < -0.3 is 0 Å². The van der Waals surface area contributed by atoms with Crippen molar-refractivity contribution in [1.29, 1.82) is 0 Å². The first-order valence-corrected chi connectivity index (χ1v) is 5.87. The first kappa shape index (κ1) is 11.8. The van der Waals surface area contributed by atoms with E-state index in [-0.39, 0.29) is 6.04 Å². The molecule has 0 unspecified atom stereocenters. The number of nitrogens with zero attached hydrogens (tertiary/aromatic N) is 1. The Morgan fingerprint density at radius 3 is 2.06 bits per heavy atom. The molecule has 88 valence electrons. The van der Waals surface area contributed by atoms with Gasteiger partial charge in [-0.2, -0.15) is 0 Å². The van der Waals surface area contributed by atoms with Crippen LogP contribution in [0.4, 0.5) is 0 Å². The molecule has 2 heteroatoms. The molecular weight excluding hydrogens is 208 g/mol. The summed E-state index contributed by atoms with van der Waals surface area (Å²) in [6.45, 7) is 2.88. The second-order valence-corrected chi connectivity index (χ2v) is 4.24. The van der Waals surface area contributed by atoms with Crippen molar-refractivity contribution in [3.05, 3.63) is 71.8 Å². The summed E-state index contributed by atoms with van der Waals surface area (Å²) in [6, 6.07) is 20.8. The number of hydrazine groups is 1. The van der Waals surface area contributed by atoms with Gasteiger partial charge in [0.15, 0.2) is 0 Å². The van der Waals surface area contributed by atoms with E-state index in [1.54, 1.807) is 0 Å². The van der Waals surface area contributed by atoms with Crippen molar-refractivity contribution in [2.45, 2.75) is 19.5 Å². The molecule has 2 N–H and O–H groups in total. The molecule has 0 aliphatic rings. The third-order valence-corrected chi connectivity index (χ3v) is 2.99. The van der Waals surface area contributed by atoms with Crippen molar-refractivity contribution in [3.63, 3.8) is 0 Å². The van der Waals surface area contributed by atoms with Gasteiger partial charge in [-0.15, -0.1) is 0 Å². The molecule has 0 saturated heterocycles. The van der Waals surface area contributed by atoms with Crippen LogP contribution in [-0.4, -0.2) is 5.01 Å². The topological polar surface area (TPSA) is 29.3 Å². The molecule has 0 saturated carbocycles. The molecule has 0 aliphatic carbocycles. The lowest BCUT2D eigenvalue weighted by Gasteiger charge is -2.24. The first-order valence-electron chi connectivity index (χ1n) is 5.87. The van der Waals surface area contributed by atoms with E-state index in [2.05, 4.69) is 31.2 Å². The predicted octanol–water partition coefficient (Wildman–Crippen LogP) is 3.12. The van der Waals surface area contributed by atoms with Crippen molar-refractivity contribution >= 4 is 0 Å². The number of nitrogens with two attached hydrogens (primary N) is 1. The minimum atomic E-state index is 0.219. The van der Waals surface area contributed by atoms with E-state index in [9.17, 15) is 0 Å². The van der Waals surface area contributed by atoms with Crippen LogP contribution in [0.15, 0.2) is 60.7 Å². The summed E-state index contributed by atoms with van der Waals surface area (Å²) in [5.74, 6) is 6.11. The third-order valence-electron chi connectivity index (χ3n) is 2.99. The Hall–Kier alpha value is -1.64. The highest BCUT2D eigenvalue weighted by molar-refractivity contribution is 5.19. The lowest BCUT2D eigenvalue weighted by atomic mass is 10.1. The fourth-order valence-electron chi connectivity index (χ4n) is 1.85. The van der Waals surface area contributed by atoms with Crippen molar-refractivity contribution < 1.29 is 0 Å². The Morgan fingerprint density at radius 1 is 0.941 bits per heavy atom. The van der Waals surface area contributed by atoms with E-state index in [0.717, 1.165) is 6.54 Å². The maximum Gasteiger partial charge on any atom is 0.0466 e. The third kappa shape index (κ3) is 3.16. The quantitative estimate of drug-likeness (QED) is 0.641. The summed E-state index contributed by atoms with van der Waals surface area (Å²) < 4.78 is 0. The summed E-state index contributed by atoms with van der Waals surface area (Å²) in [6.07, 6.45) is 0. The van der Waals surface area contributed by atoms with Crippen molar-refractivity contribution in [2.75, 3.05) is 0 Å². The molecule has 0 spiro atoms. The van der Waals surface area contributed by atoms with Crippen LogP contribution < -0.4 is 5.84 Å². The predicted molar refractivity (Wildman–Crippen MR) is 71.0 cm³/mol. The normalized spacial score (nSPS) is 12.6. The molecule has 0 aromatic heterocycles. The van der Waals surface area contributed by atoms with Crippen molar-refractivity contribution in [3.8, 4) is 0 Å². The average Bonchev–Trinajstić information content (AvgIpc) is 2.40. The molecule has 2 aromatic rings. The maximum absolute atomic E-state index is 6.11. The Balaban J connectivity index is 2.03. The zero-order chi connectivity index (χ0) is 12.1. The summed E-state index contributed by atoms with van der Waals surface area (Å²) in [7, 11) is 0. The van der Waals surface area contributed by atoms with Crippen molar-refractivity contribution in [1.82, 2.24) is 5.01 Å². The molecule has 2 nitrogen and oxygen atoms in total. The second-order valence-electron chi connectivity index (χ2n) is 4.24. The summed E-state index contributed by atoms with van der Waals surface area (Å²) in [5, 5.41) is 1.87. The fourth-order valence-corrected chi connectivity index (χ4v) is 1.85. The standard InChI is InChI=1S/C15H18N2/c1-13(15-10-6-3-7-11-15)17(16)12-14-8-4-2-5-9-14/h2-11,13H,12,16H2,1H3/t13-/m1/s1. The van der Waals surface area contributed by atoms with Crippen LogP contribution in [-0.2, 0) is 6.54 Å². The van der Waals surface area contributed by atoms with Gasteiger partial charge in [-0.1, -0.05) is 60.7 Å². The Kier molecular flexibility index (Phi) is 3.91. The van der Waals surface area contributed by atoms with Gasteiger partial charge in [-0.3, -0.25) is 5.84 Å². The van der Waals surface area contributed by atoms with Crippen LogP contribution in [0.3, 0.4) is 0 Å². The van der Waals surface area contributed by atoms with Gasteiger partial charge in [0.25, 0.3) is 0 Å². The molecule has 0 aliphatic heterocycles. The maximum atomic E-state index is 6.11. The smallest absolute Gasteiger partial charge is 0.0466 e. The van der Waals surface area contributed by atoms with Gasteiger partial charge in [0.2, 0.25) is 0 Å². The highest BCUT2D eigenvalue weighted by Crippen LogP contribution is 2.18. The van der Waals surface area contributed by atoms with Gasteiger partial charge in [0.1, 0.15) is 0 Å². The van der Waals surface area contributed by atoms with E-state index >= 15 is 0 Å². The summed E-state index contributed by atoms with van der Waals surface area (Å²) >= 11 is 0.